The number of aromatic nitrogens is 3. The Morgan fingerprint density at radius 2 is 1.82 bits per heavy atom. The molecule has 0 saturated heterocycles. The lowest BCUT2D eigenvalue weighted by Gasteiger charge is -2.24. The fraction of sp³-hybridized carbons (Fsp3) is 0.286. The van der Waals surface area contributed by atoms with Crippen LogP contribution in [0.25, 0.3) is 11.4 Å². The Hall–Kier alpha value is -2.80. The van der Waals surface area contributed by atoms with Gasteiger partial charge in [0.25, 0.3) is 0 Å². The number of nitrogen functional groups attached to an aromatic ring is 1. The highest BCUT2D eigenvalue weighted by atomic mass is 32.2. The van der Waals surface area contributed by atoms with Crippen molar-refractivity contribution < 1.29 is 4.79 Å². The minimum absolute atomic E-state index is 0.0521. The maximum atomic E-state index is 12.9. The Kier molecular flexibility index (Phi) is 6.36. The Balaban J connectivity index is 1.70. The number of carbonyl (C=O) groups excluding carboxylic acids is 1. The van der Waals surface area contributed by atoms with E-state index >= 15 is 0 Å². The molecule has 6 nitrogen and oxygen atoms in total. The molecular formula is C21H25N5OS. The number of amides is 1. The summed E-state index contributed by atoms with van der Waals surface area (Å²) in [7, 11) is 0. The fourth-order valence-electron chi connectivity index (χ4n) is 2.87. The molecule has 0 aliphatic rings. The van der Waals surface area contributed by atoms with Gasteiger partial charge < -0.3 is 10.7 Å². The van der Waals surface area contributed by atoms with Crippen molar-refractivity contribution in [2.75, 3.05) is 12.4 Å². The number of hydrogen-bond acceptors (Lipinski definition) is 5. The molecule has 1 heterocycles. The molecule has 0 fully saturated rings. The van der Waals surface area contributed by atoms with Crippen molar-refractivity contribution >= 4 is 17.7 Å². The van der Waals surface area contributed by atoms with Gasteiger partial charge in [-0.3, -0.25) is 4.79 Å². The lowest BCUT2D eigenvalue weighted by Crippen LogP contribution is -2.36. The van der Waals surface area contributed by atoms with Gasteiger partial charge in [-0.05, 0) is 26.3 Å². The maximum absolute atomic E-state index is 12.9. The summed E-state index contributed by atoms with van der Waals surface area (Å²) in [6.45, 7) is 7.12. The first-order chi connectivity index (χ1) is 13.5. The molecule has 1 atom stereocenters. The largest absolute Gasteiger partial charge is 0.338 e. The van der Waals surface area contributed by atoms with Gasteiger partial charge in [-0.25, -0.2) is 4.68 Å². The van der Waals surface area contributed by atoms with Crippen LogP contribution in [0.5, 0.6) is 0 Å². The van der Waals surface area contributed by atoms with E-state index in [2.05, 4.69) is 10.2 Å². The van der Waals surface area contributed by atoms with E-state index in [-0.39, 0.29) is 11.2 Å². The first-order valence-electron chi connectivity index (χ1n) is 9.26. The van der Waals surface area contributed by atoms with Gasteiger partial charge in [0.05, 0.1) is 5.25 Å². The van der Waals surface area contributed by atoms with Crippen molar-refractivity contribution in [1.29, 1.82) is 0 Å². The van der Waals surface area contributed by atoms with Crippen molar-refractivity contribution in [3.63, 3.8) is 0 Å². The highest BCUT2D eigenvalue weighted by Crippen LogP contribution is 2.26. The first kappa shape index (κ1) is 19.9. The predicted molar refractivity (Wildman–Crippen MR) is 113 cm³/mol. The predicted octanol–water partition coefficient (Wildman–Crippen LogP) is 3.50. The van der Waals surface area contributed by atoms with E-state index < -0.39 is 0 Å². The molecule has 0 saturated carbocycles. The summed E-state index contributed by atoms with van der Waals surface area (Å²) in [6.07, 6.45) is 0. The summed E-state index contributed by atoms with van der Waals surface area (Å²) < 4.78 is 1.45. The molecule has 2 aromatic carbocycles. The molecule has 2 N–H and O–H groups in total. The zero-order valence-electron chi connectivity index (χ0n) is 16.4. The highest BCUT2D eigenvalue weighted by molar-refractivity contribution is 8.00. The van der Waals surface area contributed by atoms with Gasteiger partial charge in [0.15, 0.2) is 5.82 Å². The molecular weight excluding hydrogens is 370 g/mol. The van der Waals surface area contributed by atoms with Gasteiger partial charge in [0.1, 0.15) is 0 Å². The third-order valence-corrected chi connectivity index (χ3v) is 5.56. The summed E-state index contributed by atoms with van der Waals surface area (Å²) in [5, 5.41) is 8.59. The Morgan fingerprint density at radius 1 is 1.14 bits per heavy atom. The van der Waals surface area contributed by atoms with Gasteiger partial charge in [-0.1, -0.05) is 71.9 Å². The maximum Gasteiger partial charge on any atom is 0.236 e. The highest BCUT2D eigenvalue weighted by Gasteiger charge is 2.23. The van der Waals surface area contributed by atoms with E-state index in [1.807, 2.05) is 80.3 Å². The Bertz CT molecular complexity index is 924. The zero-order chi connectivity index (χ0) is 20.1. The smallest absolute Gasteiger partial charge is 0.236 e. The monoisotopic (exact) mass is 395 g/mol. The fourth-order valence-corrected chi connectivity index (χ4v) is 3.73. The third kappa shape index (κ3) is 4.54. The summed E-state index contributed by atoms with van der Waals surface area (Å²) >= 11 is 1.32. The van der Waals surface area contributed by atoms with Crippen LogP contribution in [0, 0.1) is 6.92 Å². The van der Waals surface area contributed by atoms with Crippen molar-refractivity contribution in [2.24, 2.45) is 0 Å². The lowest BCUT2D eigenvalue weighted by atomic mass is 10.1. The molecule has 3 rings (SSSR count). The van der Waals surface area contributed by atoms with E-state index in [0.717, 1.165) is 11.1 Å². The lowest BCUT2D eigenvalue weighted by molar-refractivity contribution is -0.130. The molecule has 0 bridgehead atoms. The normalized spacial score (nSPS) is 12.0. The molecule has 7 heteroatoms. The zero-order valence-corrected chi connectivity index (χ0v) is 17.2. The summed E-state index contributed by atoms with van der Waals surface area (Å²) in [5.74, 6) is 6.83. The number of nitrogens with zero attached hydrogens (tertiary/aromatic N) is 4. The average molecular weight is 396 g/mol. The van der Waals surface area contributed by atoms with Crippen molar-refractivity contribution in [2.45, 2.75) is 37.7 Å². The van der Waals surface area contributed by atoms with Crippen LogP contribution in [0.3, 0.4) is 0 Å². The van der Waals surface area contributed by atoms with E-state index in [4.69, 9.17) is 5.84 Å². The Labute approximate surface area is 169 Å². The van der Waals surface area contributed by atoms with Gasteiger partial charge >= 0.3 is 0 Å². The number of rotatable bonds is 7. The van der Waals surface area contributed by atoms with Crippen LogP contribution in [-0.4, -0.2) is 37.5 Å². The Morgan fingerprint density at radius 3 is 2.46 bits per heavy atom. The third-order valence-electron chi connectivity index (χ3n) is 4.51. The van der Waals surface area contributed by atoms with Gasteiger partial charge in [-0.15, -0.1) is 10.2 Å². The van der Waals surface area contributed by atoms with Crippen LogP contribution in [0.15, 0.2) is 59.8 Å². The second kappa shape index (κ2) is 8.93. The molecule has 1 aromatic heterocycles. The van der Waals surface area contributed by atoms with Crippen LogP contribution < -0.4 is 5.84 Å². The number of aryl methyl sites for hydroxylation is 1. The standard InChI is InChI=1S/C21H25N5OS/c1-4-25(14-17-8-6-5-7-9-17)20(27)16(3)28-21-24-23-19(26(21)22)18-12-10-15(2)11-13-18/h5-13,16H,4,14,22H2,1-3H3. The molecule has 28 heavy (non-hydrogen) atoms. The van der Waals surface area contributed by atoms with Gasteiger partial charge in [0, 0.05) is 18.7 Å². The van der Waals surface area contributed by atoms with Crippen LogP contribution >= 0.6 is 11.8 Å². The van der Waals surface area contributed by atoms with Crippen molar-refractivity contribution in [1.82, 2.24) is 19.8 Å². The van der Waals surface area contributed by atoms with Crippen molar-refractivity contribution in [3.05, 3.63) is 65.7 Å². The topological polar surface area (TPSA) is 77.0 Å². The first-order valence-corrected chi connectivity index (χ1v) is 10.1. The van der Waals surface area contributed by atoms with E-state index in [1.165, 1.54) is 22.0 Å². The molecule has 3 aromatic rings. The molecule has 0 spiro atoms. The van der Waals surface area contributed by atoms with Crippen LogP contribution in [0.4, 0.5) is 0 Å². The summed E-state index contributed by atoms with van der Waals surface area (Å²) in [6, 6.07) is 17.9. The molecule has 146 valence electrons. The van der Waals surface area contributed by atoms with Crippen LogP contribution in [-0.2, 0) is 11.3 Å². The SMILES string of the molecule is CCN(Cc1ccccc1)C(=O)C(C)Sc1nnc(-c2ccc(C)cc2)n1N. The minimum atomic E-state index is -0.318. The summed E-state index contributed by atoms with van der Waals surface area (Å²) in [4.78, 5) is 14.8. The quantitative estimate of drug-likeness (QED) is 0.489. The molecule has 0 aliphatic heterocycles. The second-order valence-corrected chi connectivity index (χ2v) is 7.95. The van der Waals surface area contributed by atoms with E-state index in [9.17, 15) is 4.79 Å². The van der Waals surface area contributed by atoms with Crippen LogP contribution in [0.2, 0.25) is 0 Å². The van der Waals surface area contributed by atoms with E-state index in [0.29, 0.717) is 24.1 Å². The number of nitrogens with two attached hydrogens (primary N) is 1. The molecule has 0 aliphatic carbocycles. The number of carbonyl (C=O) groups is 1. The van der Waals surface area contributed by atoms with Gasteiger partial charge in [-0.2, -0.15) is 0 Å². The average Bonchev–Trinajstić information content (AvgIpc) is 3.07. The molecule has 0 radical (unpaired) electrons. The van der Waals surface area contributed by atoms with Crippen molar-refractivity contribution in [3.8, 4) is 11.4 Å². The molecule has 1 unspecified atom stereocenters. The van der Waals surface area contributed by atoms with Crippen LogP contribution in [0.1, 0.15) is 25.0 Å². The molecule has 1 amide bonds. The number of thioether (sulfide) groups is 1. The minimum Gasteiger partial charge on any atom is -0.338 e. The van der Waals surface area contributed by atoms with E-state index in [1.54, 1.807) is 0 Å². The summed E-state index contributed by atoms with van der Waals surface area (Å²) in [5.41, 5.74) is 3.17. The second-order valence-electron chi connectivity index (χ2n) is 6.64. The van der Waals surface area contributed by atoms with Gasteiger partial charge in [0.2, 0.25) is 11.1 Å². The number of benzene rings is 2. The number of hydrogen-bond donors (Lipinski definition) is 1.